The number of hydrogen-bond donors (Lipinski definition) is 3. The zero-order chi connectivity index (χ0) is 65.7. The van der Waals surface area contributed by atoms with Gasteiger partial charge < -0.3 is 33.8 Å². The number of rotatable bonds is 69. The van der Waals surface area contributed by atoms with Crippen LogP contribution in [0.5, 0.6) is 0 Å². The lowest BCUT2D eigenvalue weighted by atomic mass is 9.99. The second-order valence-corrected chi connectivity index (χ2v) is 28.7. The van der Waals surface area contributed by atoms with Crippen molar-refractivity contribution in [2.45, 2.75) is 374 Å². The number of carbonyl (C=O) groups is 4. The smallest absolute Gasteiger partial charge is 0.462 e. The van der Waals surface area contributed by atoms with Crippen molar-refractivity contribution < 1.29 is 80.2 Å². The fourth-order valence-electron chi connectivity index (χ4n) is 10.5. The molecule has 0 saturated carbocycles. The highest BCUT2D eigenvalue weighted by Gasteiger charge is 2.30. The first-order chi connectivity index (χ1) is 42.9. The standard InChI is InChI=1S/C70H136O17P2/c1-7-11-13-15-17-19-21-23-25-29-33-40-46-52-67(72)80-58-65(86-70(75)55-49-43-35-31-27-26-28-32-38-44-50-62(5)9-3)60-84-88(76,77)82-56-64(71)57-83-89(78,79)85-61-66(59-81-68(73)53-47-41-37-36-39-45-51-63(6)10-4)87-69(74)54-48-42-34-30-24-22-20-18-16-14-12-8-2/h62-66,71H,7-61H2,1-6H3,(H,76,77)(H,78,79)/t62?,63?,64-,65-,66-/m1/s1. The molecule has 7 atom stereocenters. The number of hydrogen-bond acceptors (Lipinski definition) is 15. The molecule has 0 aliphatic rings. The van der Waals surface area contributed by atoms with Crippen molar-refractivity contribution in [3.63, 3.8) is 0 Å². The van der Waals surface area contributed by atoms with E-state index in [0.717, 1.165) is 108 Å². The number of aliphatic hydroxyl groups is 1. The molecule has 3 N–H and O–H groups in total. The molecule has 0 bridgehead atoms. The van der Waals surface area contributed by atoms with E-state index >= 15 is 0 Å². The van der Waals surface area contributed by atoms with Crippen molar-refractivity contribution in [1.82, 2.24) is 0 Å². The Labute approximate surface area is 543 Å². The lowest BCUT2D eigenvalue weighted by Crippen LogP contribution is -2.30. The highest BCUT2D eigenvalue weighted by Crippen LogP contribution is 2.45. The van der Waals surface area contributed by atoms with Crippen molar-refractivity contribution >= 4 is 39.5 Å². The number of phosphoric ester groups is 2. The Morgan fingerprint density at radius 2 is 0.539 bits per heavy atom. The maximum Gasteiger partial charge on any atom is 0.472 e. The Morgan fingerprint density at radius 3 is 0.798 bits per heavy atom. The van der Waals surface area contributed by atoms with Crippen LogP contribution in [-0.2, 0) is 65.4 Å². The molecule has 0 aliphatic carbocycles. The summed E-state index contributed by atoms with van der Waals surface area (Å²) < 4.78 is 68.3. The minimum atomic E-state index is -4.95. The van der Waals surface area contributed by atoms with Crippen molar-refractivity contribution in [3.8, 4) is 0 Å². The molecular formula is C70H136O17P2. The third kappa shape index (κ3) is 62.0. The lowest BCUT2D eigenvalue weighted by molar-refractivity contribution is -0.161. The van der Waals surface area contributed by atoms with Crippen LogP contribution in [0.4, 0.5) is 0 Å². The van der Waals surface area contributed by atoms with Crippen molar-refractivity contribution in [2.24, 2.45) is 11.8 Å². The highest BCUT2D eigenvalue weighted by atomic mass is 31.2. The maximum absolute atomic E-state index is 13.0. The second-order valence-electron chi connectivity index (χ2n) is 25.8. The molecule has 0 fully saturated rings. The first-order valence-electron chi connectivity index (χ1n) is 36.6. The first kappa shape index (κ1) is 87.1. The molecule has 0 rings (SSSR count). The number of aliphatic hydroxyl groups excluding tert-OH is 1. The van der Waals surface area contributed by atoms with E-state index in [1.54, 1.807) is 0 Å². The predicted octanol–water partition coefficient (Wildman–Crippen LogP) is 20.0. The summed E-state index contributed by atoms with van der Waals surface area (Å²) in [6.45, 7) is 9.54. The molecule has 0 aromatic heterocycles. The minimum Gasteiger partial charge on any atom is -0.462 e. The molecule has 0 amide bonds. The topological polar surface area (TPSA) is 237 Å². The molecule has 0 aromatic carbocycles. The van der Waals surface area contributed by atoms with Crippen molar-refractivity contribution in [3.05, 3.63) is 0 Å². The monoisotopic (exact) mass is 1310 g/mol. The number of unbranched alkanes of at least 4 members (excludes halogenated alkanes) is 37. The number of ether oxygens (including phenoxy) is 4. The van der Waals surface area contributed by atoms with Gasteiger partial charge in [-0.2, -0.15) is 0 Å². The average molecular weight is 1310 g/mol. The SMILES string of the molecule is CCCCCCCCCCCCCCCC(=O)OC[C@H](COP(=O)(O)OC[C@@H](O)COP(=O)(O)OC[C@@H](COC(=O)CCCCCCCCC(C)CC)OC(=O)CCCCCCCCCCCCCC)OC(=O)CCCCCCCCCCCCC(C)CC. The molecule has 0 saturated heterocycles. The molecule has 17 nitrogen and oxygen atoms in total. The van der Waals surface area contributed by atoms with Gasteiger partial charge in [0.15, 0.2) is 12.2 Å². The zero-order valence-electron chi connectivity index (χ0n) is 57.7. The molecule has 0 heterocycles. The van der Waals surface area contributed by atoms with Gasteiger partial charge in [0.2, 0.25) is 0 Å². The van der Waals surface area contributed by atoms with E-state index in [1.165, 1.54) is 167 Å². The van der Waals surface area contributed by atoms with Gasteiger partial charge in [0, 0.05) is 25.7 Å². The molecule has 0 spiro atoms. The third-order valence-electron chi connectivity index (χ3n) is 16.9. The summed E-state index contributed by atoms with van der Waals surface area (Å²) in [5, 5.41) is 10.6. The molecular weight excluding hydrogens is 1170 g/mol. The molecule has 89 heavy (non-hydrogen) atoms. The summed E-state index contributed by atoms with van der Waals surface area (Å²) in [7, 11) is -9.90. The van der Waals surface area contributed by atoms with E-state index in [9.17, 15) is 43.2 Å². The quantitative estimate of drug-likeness (QED) is 0.0222. The largest absolute Gasteiger partial charge is 0.472 e. The lowest BCUT2D eigenvalue weighted by Gasteiger charge is -2.21. The summed E-state index contributed by atoms with van der Waals surface area (Å²) in [4.78, 5) is 72.5. The summed E-state index contributed by atoms with van der Waals surface area (Å²) in [5.41, 5.74) is 0. The van der Waals surface area contributed by atoms with Gasteiger partial charge in [0.25, 0.3) is 0 Å². The Morgan fingerprint density at radius 1 is 0.315 bits per heavy atom. The summed E-state index contributed by atoms with van der Waals surface area (Å²) in [6, 6.07) is 0. The van der Waals surface area contributed by atoms with Gasteiger partial charge in [-0.3, -0.25) is 37.3 Å². The molecule has 528 valence electrons. The van der Waals surface area contributed by atoms with Crippen LogP contribution < -0.4 is 0 Å². The number of carbonyl (C=O) groups excluding carboxylic acids is 4. The maximum atomic E-state index is 13.0. The summed E-state index contributed by atoms with van der Waals surface area (Å²) in [5.74, 6) is -0.589. The summed E-state index contributed by atoms with van der Waals surface area (Å²) >= 11 is 0. The Bertz CT molecular complexity index is 1740. The Kier molecular flexibility index (Phi) is 60.8. The number of esters is 4. The van der Waals surface area contributed by atoms with Crippen LogP contribution >= 0.6 is 15.6 Å². The molecule has 0 aliphatic heterocycles. The molecule has 19 heteroatoms. The minimum absolute atomic E-state index is 0.106. The molecule has 4 unspecified atom stereocenters. The Hall–Kier alpha value is -1.94. The normalized spacial score (nSPS) is 14.8. The van der Waals surface area contributed by atoms with E-state index in [1.807, 2.05) is 0 Å². The van der Waals surface area contributed by atoms with Gasteiger partial charge in [-0.15, -0.1) is 0 Å². The van der Waals surface area contributed by atoms with E-state index in [4.69, 9.17) is 37.0 Å². The van der Waals surface area contributed by atoms with Crippen molar-refractivity contribution in [1.29, 1.82) is 0 Å². The molecule has 0 radical (unpaired) electrons. The number of phosphoric acid groups is 2. The van der Waals surface area contributed by atoms with Crippen LogP contribution in [0, 0.1) is 11.8 Å². The third-order valence-corrected chi connectivity index (χ3v) is 18.8. The Balaban J connectivity index is 5.26. The van der Waals surface area contributed by atoms with E-state index in [-0.39, 0.29) is 25.7 Å². The van der Waals surface area contributed by atoms with Crippen LogP contribution in [-0.4, -0.2) is 96.7 Å². The van der Waals surface area contributed by atoms with Gasteiger partial charge >= 0.3 is 39.5 Å². The average Bonchev–Trinajstić information content (AvgIpc) is 3.70. The van der Waals surface area contributed by atoms with Crippen LogP contribution in [0.25, 0.3) is 0 Å². The predicted molar refractivity (Wildman–Crippen MR) is 358 cm³/mol. The van der Waals surface area contributed by atoms with Crippen LogP contribution in [0.15, 0.2) is 0 Å². The fourth-order valence-corrected chi connectivity index (χ4v) is 12.1. The van der Waals surface area contributed by atoms with Crippen molar-refractivity contribution in [2.75, 3.05) is 39.6 Å². The van der Waals surface area contributed by atoms with Gasteiger partial charge in [-0.25, -0.2) is 9.13 Å². The zero-order valence-corrected chi connectivity index (χ0v) is 59.5. The fraction of sp³-hybridized carbons (Fsp3) is 0.943. The van der Waals surface area contributed by atoms with Crippen LogP contribution in [0.3, 0.4) is 0 Å². The van der Waals surface area contributed by atoms with E-state index in [0.29, 0.717) is 25.7 Å². The van der Waals surface area contributed by atoms with Gasteiger partial charge in [-0.1, -0.05) is 305 Å². The summed E-state index contributed by atoms with van der Waals surface area (Å²) in [6.07, 6.45) is 47.0. The van der Waals surface area contributed by atoms with Crippen LogP contribution in [0.1, 0.15) is 356 Å². The first-order valence-corrected chi connectivity index (χ1v) is 39.6. The molecule has 0 aromatic rings. The highest BCUT2D eigenvalue weighted by molar-refractivity contribution is 7.47. The second kappa shape index (κ2) is 62.2. The van der Waals surface area contributed by atoms with Crippen LogP contribution in [0.2, 0.25) is 0 Å². The van der Waals surface area contributed by atoms with Gasteiger partial charge in [-0.05, 0) is 37.5 Å². The van der Waals surface area contributed by atoms with Gasteiger partial charge in [0.05, 0.1) is 26.4 Å². The van der Waals surface area contributed by atoms with Gasteiger partial charge in [0.1, 0.15) is 19.3 Å². The van der Waals surface area contributed by atoms with E-state index < -0.39 is 97.5 Å². The van der Waals surface area contributed by atoms with E-state index in [2.05, 4.69) is 41.5 Å².